The van der Waals surface area contributed by atoms with Gasteiger partial charge in [0.2, 0.25) is 5.95 Å². The Morgan fingerprint density at radius 2 is 1.86 bits per heavy atom. The fourth-order valence-electron chi connectivity index (χ4n) is 2.86. The maximum Gasteiger partial charge on any atom is 0.249 e. The van der Waals surface area contributed by atoms with Gasteiger partial charge in [0.1, 0.15) is 0 Å². The van der Waals surface area contributed by atoms with Crippen LogP contribution in [0, 0.1) is 0 Å². The summed E-state index contributed by atoms with van der Waals surface area (Å²) in [7, 11) is 0. The van der Waals surface area contributed by atoms with Gasteiger partial charge in [-0.3, -0.25) is 0 Å². The third-order valence-corrected chi connectivity index (χ3v) is 4.06. The molecule has 2 aromatic rings. The average Bonchev–Trinajstić information content (AvgIpc) is 2.56. The molecule has 0 aliphatic carbocycles. The summed E-state index contributed by atoms with van der Waals surface area (Å²) in [5.41, 5.74) is 2.31. The molecule has 1 fully saturated rings. The number of hydrogen-bond acceptors (Lipinski definition) is 5. The Hall–Kier alpha value is -2.17. The van der Waals surface area contributed by atoms with Crippen molar-refractivity contribution in [3.05, 3.63) is 36.0 Å². The molecule has 1 aromatic heterocycles. The number of anilines is 3. The van der Waals surface area contributed by atoms with Gasteiger partial charge in [-0.15, -0.1) is 5.10 Å². The van der Waals surface area contributed by atoms with Gasteiger partial charge in [-0.1, -0.05) is 32.0 Å². The molecular weight excluding hydrogens is 274 g/mol. The van der Waals surface area contributed by atoms with Crippen molar-refractivity contribution in [3.63, 3.8) is 0 Å². The van der Waals surface area contributed by atoms with Crippen molar-refractivity contribution in [2.24, 2.45) is 0 Å². The number of hydrogen-bond donors (Lipinski definition) is 1. The van der Waals surface area contributed by atoms with Gasteiger partial charge in [-0.05, 0) is 36.8 Å². The predicted molar refractivity (Wildman–Crippen MR) is 89.7 cm³/mol. The van der Waals surface area contributed by atoms with Crippen LogP contribution in [0.3, 0.4) is 0 Å². The highest BCUT2D eigenvalue weighted by Gasteiger charge is 2.14. The second-order valence-corrected chi connectivity index (χ2v) is 6.05. The molecule has 1 aromatic carbocycles. The second-order valence-electron chi connectivity index (χ2n) is 6.05. The quantitative estimate of drug-likeness (QED) is 0.932. The smallest absolute Gasteiger partial charge is 0.249 e. The zero-order valence-corrected chi connectivity index (χ0v) is 13.3. The summed E-state index contributed by atoms with van der Waals surface area (Å²) in [6.45, 7) is 6.48. The van der Waals surface area contributed by atoms with Crippen molar-refractivity contribution >= 4 is 17.5 Å². The van der Waals surface area contributed by atoms with E-state index in [0.29, 0.717) is 11.9 Å². The lowest BCUT2D eigenvalue weighted by Crippen LogP contribution is -2.30. The van der Waals surface area contributed by atoms with Gasteiger partial charge < -0.3 is 10.2 Å². The van der Waals surface area contributed by atoms with E-state index in [-0.39, 0.29) is 0 Å². The van der Waals surface area contributed by atoms with E-state index in [1.165, 1.54) is 24.8 Å². The lowest BCUT2D eigenvalue weighted by atomic mass is 10.0. The molecule has 0 spiro atoms. The minimum atomic E-state index is 0.446. The van der Waals surface area contributed by atoms with E-state index in [4.69, 9.17) is 0 Å². The van der Waals surface area contributed by atoms with E-state index >= 15 is 0 Å². The van der Waals surface area contributed by atoms with E-state index in [9.17, 15) is 0 Å². The molecule has 116 valence electrons. The van der Waals surface area contributed by atoms with Crippen LogP contribution in [0.15, 0.2) is 30.5 Å². The summed E-state index contributed by atoms with van der Waals surface area (Å²) in [5, 5.41) is 11.6. The lowest BCUT2D eigenvalue weighted by molar-refractivity contribution is 0.572. The topological polar surface area (TPSA) is 53.9 Å². The van der Waals surface area contributed by atoms with Crippen LogP contribution < -0.4 is 10.2 Å². The number of nitrogens with zero attached hydrogens (tertiary/aromatic N) is 4. The number of benzene rings is 1. The molecule has 0 bridgehead atoms. The SMILES string of the molecule is CC(C)c1ccccc1Nc1nncc(N2CCCCC2)n1. The van der Waals surface area contributed by atoms with Crippen molar-refractivity contribution in [3.8, 4) is 0 Å². The van der Waals surface area contributed by atoms with Crippen LogP contribution >= 0.6 is 0 Å². The van der Waals surface area contributed by atoms with Crippen molar-refractivity contribution in [1.82, 2.24) is 15.2 Å². The fourth-order valence-corrected chi connectivity index (χ4v) is 2.86. The molecular formula is C17H23N5. The van der Waals surface area contributed by atoms with Crippen LogP contribution in [-0.4, -0.2) is 28.3 Å². The van der Waals surface area contributed by atoms with Gasteiger partial charge in [0.15, 0.2) is 5.82 Å². The maximum absolute atomic E-state index is 4.63. The molecule has 22 heavy (non-hydrogen) atoms. The first-order chi connectivity index (χ1) is 10.7. The standard InChI is InChI=1S/C17H23N5/c1-13(2)14-8-4-5-9-15(14)19-17-20-16(12-18-21-17)22-10-6-3-7-11-22/h4-5,8-9,12-13H,3,6-7,10-11H2,1-2H3,(H,19,20,21). The number of para-hydroxylation sites is 1. The van der Waals surface area contributed by atoms with Gasteiger partial charge >= 0.3 is 0 Å². The summed E-state index contributed by atoms with van der Waals surface area (Å²) in [6.07, 6.45) is 5.51. The largest absolute Gasteiger partial charge is 0.355 e. The number of aromatic nitrogens is 3. The second kappa shape index (κ2) is 6.73. The normalized spacial score (nSPS) is 15.1. The molecule has 3 rings (SSSR count). The van der Waals surface area contributed by atoms with E-state index in [1.54, 1.807) is 6.20 Å². The van der Waals surface area contributed by atoms with Crippen molar-refractivity contribution < 1.29 is 0 Å². The predicted octanol–water partition coefficient (Wildman–Crippen LogP) is 3.73. The third-order valence-electron chi connectivity index (χ3n) is 4.06. The molecule has 0 amide bonds. The van der Waals surface area contributed by atoms with Gasteiger partial charge in [0, 0.05) is 18.8 Å². The van der Waals surface area contributed by atoms with Crippen LogP contribution in [0.5, 0.6) is 0 Å². The summed E-state index contributed by atoms with van der Waals surface area (Å²) in [4.78, 5) is 6.92. The van der Waals surface area contributed by atoms with E-state index in [2.05, 4.69) is 57.4 Å². The summed E-state index contributed by atoms with van der Waals surface area (Å²) in [5.74, 6) is 1.93. The van der Waals surface area contributed by atoms with Gasteiger partial charge in [-0.25, -0.2) is 0 Å². The molecule has 5 nitrogen and oxygen atoms in total. The highest BCUT2D eigenvalue weighted by molar-refractivity contribution is 5.60. The molecule has 0 unspecified atom stereocenters. The average molecular weight is 297 g/mol. The van der Waals surface area contributed by atoms with Crippen LogP contribution in [0.4, 0.5) is 17.5 Å². The fraction of sp³-hybridized carbons (Fsp3) is 0.471. The summed E-state index contributed by atoms with van der Waals surface area (Å²) in [6, 6.07) is 8.28. The minimum absolute atomic E-state index is 0.446. The molecule has 0 atom stereocenters. The highest BCUT2D eigenvalue weighted by Crippen LogP contribution is 2.26. The monoisotopic (exact) mass is 297 g/mol. The zero-order valence-electron chi connectivity index (χ0n) is 13.3. The molecule has 1 aliphatic heterocycles. The van der Waals surface area contributed by atoms with Crippen LogP contribution in [0.1, 0.15) is 44.6 Å². The molecule has 0 saturated carbocycles. The first kappa shape index (κ1) is 14.8. The van der Waals surface area contributed by atoms with Gasteiger partial charge in [-0.2, -0.15) is 10.1 Å². The van der Waals surface area contributed by atoms with Crippen LogP contribution in [0.25, 0.3) is 0 Å². The Kier molecular flexibility index (Phi) is 4.51. The Morgan fingerprint density at radius 3 is 2.64 bits per heavy atom. The minimum Gasteiger partial charge on any atom is -0.355 e. The Balaban J connectivity index is 1.81. The molecule has 0 radical (unpaired) electrons. The highest BCUT2D eigenvalue weighted by atomic mass is 15.3. The first-order valence-electron chi connectivity index (χ1n) is 8.04. The number of rotatable bonds is 4. The first-order valence-corrected chi connectivity index (χ1v) is 8.04. The van der Waals surface area contributed by atoms with Crippen molar-refractivity contribution in [2.45, 2.75) is 39.0 Å². The van der Waals surface area contributed by atoms with Gasteiger partial charge in [0.05, 0.1) is 6.20 Å². The Bertz CT molecular complexity index is 620. The number of nitrogens with one attached hydrogen (secondary N) is 1. The maximum atomic E-state index is 4.63. The Morgan fingerprint density at radius 1 is 1.09 bits per heavy atom. The third kappa shape index (κ3) is 3.35. The van der Waals surface area contributed by atoms with E-state index in [1.807, 2.05) is 6.07 Å². The summed E-state index contributed by atoms with van der Waals surface area (Å²) < 4.78 is 0. The van der Waals surface area contributed by atoms with Crippen molar-refractivity contribution in [1.29, 1.82) is 0 Å². The molecule has 1 saturated heterocycles. The van der Waals surface area contributed by atoms with Gasteiger partial charge in [0.25, 0.3) is 0 Å². The lowest BCUT2D eigenvalue weighted by Gasteiger charge is -2.27. The van der Waals surface area contributed by atoms with Crippen LogP contribution in [-0.2, 0) is 0 Å². The van der Waals surface area contributed by atoms with Crippen molar-refractivity contribution in [2.75, 3.05) is 23.3 Å². The molecule has 5 heteroatoms. The van der Waals surface area contributed by atoms with E-state index < -0.39 is 0 Å². The molecule has 1 N–H and O–H groups in total. The molecule has 1 aliphatic rings. The van der Waals surface area contributed by atoms with E-state index in [0.717, 1.165) is 24.6 Å². The van der Waals surface area contributed by atoms with Crippen LogP contribution in [0.2, 0.25) is 0 Å². The zero-order chi connectivity index (χ0) is 15.4. The molecule has 2 heterocycles. The number of piperidine rings is 1. The summed E-state index contributed by atoms with van der Waals surface area (Å²) >= 11 is 0. The Labute approximate surface area is 131 Å².